The Morgan fingerprint density at radius 3 is 0.968 bits per heavy atom. The van der Waals surface area contributed by atoms with Crippen molar-refractivity contribution in [1.82, 2.24) is 0 Å². The molecule has 0 radical (unpaired) electrons. The van der Waals surface area contributed by atoms with E-state index < -0.39 is 6.10 Å². The monoisotopic (exact) mass is 885 g/mol. The molecule has 0 aromatic carbocycles. The van der Waals surface area contributed by atoms with Gasteiger partial charge in [-0.1, -0.05) is 237 Å². The van der Waals surface area contributed by atoms with Gasteiger partial charge in [0, 0.05) is 19.3 Å². The van der Waals surface area contributed by atoms with E-state index in [4.69, 9.17) is 14.2 Å². The Bertz CT molecular complexity index is 1060. The minimum atomic E-state index is -0.775. The number of allylic oxidation sites excluding steroid dienone is 6. The van der Waals surface area contributed by atoms with Crippen molar-refractivity contribution in [2.75, 3.05) is 13.2 Å². The second-order valence-corrected chi connectivity index (χ2v) is 18.5. The third-order valence-electron chi connectivity index (χ3n) is 12.1. The van der Waals surface area contributed by atoms with Gasteiger partial charge in [-0.25, -0.2) is 0 Å². The van der Waals surface area contributed by atoms with E-state index >= 15 is 0 Å². The van der Waals surface area contributed by atoms with E-state index in [0.717, 1.165) is 83.5 Å². The van der Waals surface area contributed by atoms with E-state index in [2.05, 4.69) is 57.2 Å². The van der Waals surface area contributed by atoms with Crippen molar-refractivity contribution in [3.8, 4) is 0 Å². The lowest BCUT2D eigenvalue weighted by atomic mass is 10.0. The summed E-state index contributed by atoms with van der Waals surface area (Å²) >= 11 is 0. The van der Waals surface area contributed by atoms with Crippen LogP contribution in [0.15, 0.2) is 36.5 Å². The quantitative estimate of drug-likeness (QED) is 0.0262. The molecule has 0 aliphatic carbocycles. The molecule has 0 fully saturated rings. The smallest absolute Gasteiger partial charge is 0.306 e. The number of hydrogen-bond donors (Lipinski definition) is 0. The fourth-order valence-electron chi connectivity index (χ4n) is 8.01. The van der Waals surface area contributed by atoms with Crippen LogP contribution in [0.5, 0.6) is 0 Å². The number of unbranched alkanes of at least 4 members (excludes halogenated alkanes) is 33. The predicted molar refractivity (Wildman–Crippen MR) is 270 cm³/mol. The highest BCUT2D eigenvalue weighted by atomic mass is 16.6. The SMILES string of the molecule is CC/C=C\C/C=C\CCCCCCCCCC(=O)OCC(COC(=O)CCCCCCC/C=C\CCCCCCCCC)OC(=O)CCCCCCCCCCCCCCCCC. The molecule has 368 valence electrons. The minimum absolute atomic E-state index is 0.0758. The first kappa shape index (κ1) is 60.6. The minimum Gasteiger partial charge on any atom is -0.462 e. The predicted octanol–water partition coefficient (Wildman–Crippen LogP) is 18.1. The van der Waals surface area contributed by atoms with E-state index in [-0.39, 0.29) is 31.1 Å². The fourth-order valence-corrected chi connectivity index (χ4v) is 8.01. The fraction of sp³-hybridized carbons (Fsp3) is 0.842. The van der Waals surface area contributed by atoms with Crippen LogP contribution < -0.4 is 0 Å². The molecule has 0 amide bonds. The highest BCUT2D eigenvalue weighted by Gasteiger charge is 2.19. The molecule has 0 bridgehead atoms. The van der Waals surface area contributed by atoms with Gasteiger partial charge < -0.3 is 14.2 Å². The Kier molecular flexibility index (Phi) is 50.3. The maximum atomic E-state index is 12.8. The first-order chi connectivity index (χ1) is 31.0. The molecular weight excluding hydrogens is 781 g/mol. The molecule has 6 nitrogen and oxygen atoms in total. The number of carbonyl (C=O) groups is 3. The summed E-state index contributed by atoms with van der Waals surface area (Å²) in [6.45, 7) is 6.55. The van der Waals surface area contributed by atoms with Crippen molar-refractivity contribution < 1.29 is 28.6 Å². The molecule has 6 heteroatoms. The number of carbonyl (C=O) groups excluding carboxylic acids is 3. The molecule has 0 aliphatic rings. The van der Waals surface area contributed by atoms with Gasteiger partial charge in [-0.3, -0.25) is 14.4 Å². The zero-order valence-corrected chi connectivity index (χ0v) is 42.1. The second-order valence-electron chi connectivity index (χ2n) is 18.5. The molecule has 1 atom stereocenters. The molecule has 0 N–H and O–H groups in total. The average molecular weight is 885 g/mol. The van der Waals surface area contributed by atoms with Crippen molar-refractivity contribution >= 4 is 17.9 Å². The Hall–Kier alpha value is -2.37. The van der Waals surface area contributed by atoms with Crippen LogP contribution in [0.4, 0.5) is 0 Å². The topological polar surface area (TPSA) is 78.9 Å². The molecule has 0 saturated heterocycles. The van der Waals surface area contributed by atoms with Gasteiger partial charge in [0.2, 0.25) is 0 Å². The van der Waals surface area contributed by atoms with Gasteiger partial charge in [-0.15, -0.1) is 0 Å². The second kappa shape index (κ2) is 52.3. The first-order valence-corrected chi connectivity index (χ1v) is 27.5. The average Bonchev–Trinajstić information content (AvgIpc) is 3.28. The highest BCUT2D eigenvalue weighted by molar-refractivity contribution is 5.71. The van der Waals surface area contributed by atoms with E-state index in [9.17, 15) is 14.4 Å². The van der Waals surface area contributed by atoms with Crippen molar-refractivity contribution in [2.45, 2.75) is 297 Å². The van der Waals surface area contributed by atoms with Crippen molar-refractivity contribution in [3.63, 3.8) is 0 Å². The Labute approximate surface area is 391 Å². The van der Waals surface area contributed by atoms with E-state index in [0.29, 0.717) is 19.3 Å². The van der Waals surface area contributed by atoms with Crippen molar-refractivity contribution in [1.29, 1.82) is 0 Å². The molecule has 0 saturated carbocycles. The van der Waals surface area contributed by atoms with Crippen molar-refractivity contribution in [2.24, 2.45) is 0 Å². The van der Waals surface area contributed by atoms with E-state index in [1.807, 2.05) is 0 Å². The van der Waals surface area contributed by atoms with Crippen LogP contribution in [0.2, 0.25) is 0 Å². The van der Waals surface area contributed by atoms with Crippen LogP contribution in [0.25, 0.3) is 0 Å². The third kappa shape index (κ3) is 50.5. The zero-order valence-electron chi connectivity index (χ0n) is 42.1. The Balaban J connectivity index is 4.36. The standard InChI is InChI=1S/C57H104O6/c1-4-7-10-13-16-19-22-25-28-30-32-35-38-41-44-47-50-56(59)62-53-54(52-61-55(58)49-46-43-40-37-34-31-27-24-21-18-15-12-9-6-3)63-57(60)51-48-45-42-39-36-33-29-26-23-20-17-14-11-8-5-2/h9,12,18,21,28,30,54H,4-8,10-11,13-17,19-20,22-27,29,31-53H2,1-3H3/b12-9-,21-18-,30-28-. The van der Waals surface area contributed by atoms with Gasteiger partial charge in [-0.2, -0.15) is 0 Å². The molecule has 63 heavy (non-hydrogen) atoms. The maximum absolute atomic E-state index is 12.8. The lowest BCUT2D eigenvalue weighted by Gasteiger charge is -2.18. The summed E-state index contributed by atoms with van der Waals surface area (Å²) in [5, 5.41) is 0. The lowest BCUT2D eigenvalue weighted by molar-refractivity contribution is -0.167. The summed E-state index contributed by atoms with van der Waals surface area (Å²) in [5.74, 6) is -0.877. The molecule has 0 aromatic rings. The van der Waals surface area contributed by atoms with Gasteiger partial charge >= 0.3 is 17.9 Å². The van der Waals surface area contributed by atoms with E-state index in [1.54, 1.807) is 0 Å². The number of hydrogen-bond acceptors (Lipinski definition) is 6. The molecule has 0 rings (SSSR count). The summed E-state index contributed by atoms with van der Waals surface area (Å²) in [4.78, 5) is 38.1. The maximum Gasteiger partial charge on any atom is 0.306 e. The summed E-state index contributed by atoms with van der Waals surface area (Å²) in [5.41, 5.74) is 0. The molecule has 0 aromatic heterocycles. The molecule has 1 unspecified atom stereocenters. The van der Waals surface area contributed by atoms with Gasteiger partial charge in [0.05, 0.1) is 0 Å². The van der Waals surface area contributed by atoms with Crippen LogP contribution in [0.1, 0.15) is 290 Å². The van der Waals surface area contributed by atoms with Gasteiger partial charge in [-0.05, 0) is 70.6 Å². The van der Waals surface area contributed by atoms with Gasteiger partial charge in [0.1, 0.15) is 13.2 Å². The zero-order chi connectivity index (χ0) is 45.8. The van der Waals surface area contributed by atoms with Gasteiger partial charge in [0.25, 0.3) is 0 Å². The van der Waals surface area contributed by atoms with Crippen LogP contribution in [0, 0.1) is 0 Å². The van der Waals surface area contributed by atoms with Crippen LogP contribution >= 0.6 is 0 Å². The molecule has 0 aliphatic heterocycles. The molecule has 0 spiro atoms. The van der Waals surface area contributed by atoms with Crippen LogP contribution in [0.3, 0.4) is 0 Å². The summed E-state index contributed by atoms with van der Waals surface area (Å²) in [6.07, 6.45) is 61.3. The first-order valence-electron chi connectivity index (χ1n) is 27.5. The third-order valence-corrected chi connectivity index (χ3v) is 12.1. The van der Waals surface area contributed by atoms with Crippen LogP contribution in [-0.2, 0) is 28.6 Å². The van der Waals surface area contributed by atoms with Crippen molar-refractivity contribution in [3.05, 3.63) is 36.5 Å². The summed E-state index contributed by atoms with van der Waals surface area (Å²) in [7, 11) is 0. The number of esters is 3. The van der Waals surface area contributed by atoms with Crippen LogP contribution in [-0.4, -0.2) is 37.2 Å². The molecule has 0 heterocycles. The lowest BCUT2D eigenvalue weighted by Crippen LogP contribution is -2.30. The Morgan fingerprint density at radius 1 is 0.333 bits per heavy atom. The van der Waals surface area contributed by atoms with Gasteiger partial charge in [0.15, 0.2) is 6.10 Å². The number of rotatable bonds is 50. The normalized spacial score (nSPS) is 12.2. The molecular formula is C57H104O6. The van der Waals surface area contributed by atoms with E-state index in [1.165, 1.54) is 167 Å². The largest absolute Gasteiger partial charge is 0.462 e. The highest BCUT2D eigenvalue weighted by Crippen LogP contribution is 2.16. The Morgan fingerprint density at radius 2 is 0.619 bits per heavy atom. The number of ether oxygens (including phenoxy) is 3. The summed E-state index contributed by atoms with van der Waals surface area (Å²) < 4.78 is 16.8. The summed E-state index contributed by atoms with van der Waals surface area (Å²) in [6, 6.07) is 0.